The van der Waals surface area contributed by atoms with Crippen LogP contribution in [0.5, 0.6) is 5.88 Å². The lowest BCUT2D eigenvalue weighted by atomic mass is 10.3. The van der Waals surface area contributed by atoms with Gasteiger partial charge in [-0.2, -0.15) is 0 Å². The number of pyridine rings is 1. The van der Waals surface area contributed by atoms with Crippen LogP contribution in [-0.2, 0) is 4.79 Å². The molecule has 4 nitrogen and oxygen atoms in total. The molecule has 1 aromatic heterocycles. The fraction of sp³-hybridized carbons (Fsp3) is 0.333. The number of halogens is 1. The molecule has 0 unspecified atom stereocenters. The van der Waals surface area contributed by atoms with Gasteiger partial charge in [0, 0.05) is 29.7 Å². The third kappa shape index (κ3) is 3.33. The van der Waals surface area contributed by atoms with Gasteiger partial charge in [-0.1, -0.05) is 15.9 Å². The molecular formula is C9H11BrN2O2. The van der Waals surface area contributed by atoms with E-state index in [2.05, 4.69) is 26.2 Å². The SMILES string of the molecule is COc1cc(NC(=O)CCBr)ccn1. The van der Waals surface area contributed by atoms with Crippen molar-refractivity contribution < 1.29 is 9.53 Å². The number of hydrogen-bond donors (Lipinski definition) is 1. The van der Waals surface area contributed by atoms with E-state index in [9.17, 15) is 4.79 Å². The van der Waals surface area contributed by atoms with Gasteiger partial charge in [-0.25, -0.2) is 4.98 Å². The van der Waals surface area contributed by atoms with Crippen molar-refractivity contribution in [2.24, 2.45) is 0 Å². The summed E-state index contributed by atoms with van der Waals surface area (Å²) in [5.41, 5.74) is 0.697. The van der Waals surface area contributed by atoms with E-state index in [0.717, 1.165) is 0 Å². The maximum Gasteiger partial charge on any atom is 0.225 e. The number of nitrogens with one attached hydrogen (secondary N) is 1. The molecule has 14 heavy (non-hydrogen) atoms. The summed E-state index contributed by atoms with van der Waals surface area (Å²) in [7, 11) is 1.53. The van der Waals surface area contributed by atoms with E-state index in [1.165, 1.54) is 7.11 Å². The van der Waals surface area contributed by atoms with Crippen LogP contribution >= 0.6 is 15.9 Å². The fourth-order valence-corrected chi connectivity index (χ4v) is 1.27. The number of carbonyl (C=O) groups is 1. The summed E-state index contributed by atoms with van der Waals surface area (Å²) >= 11 is 3.19. The Kier molecular flexibility index (Phi) is 4.39. The van der Waals surface area contributed by atoms with Crippen LogP contribution in [-0.4, -0.2) is 23.3 Å². The highest BCUT2D eigenvalue weighted by molar-refractivity contribution is 9.09. The van der Waals surface area contributed by atoms with Gasteiger partial charge in [-0.15, -0.1) is 0 Å². The van der Waals surface area contributed by atoms with Gasteiger partial charge in [0.15, 0.2) is 0 Å². The molecule has 1 rings (SSSR count). The molecule has 0 saturated carbocycles. The molecule has 0 atom stereocenters. The van der Waals surface area contributed by atoms with E-state index in [-0.39, 0.29) is 5.91 Å². The first-order valence-corrected chi connectivity index (χ1v) is 5.24. The summed E-state index contributed by atoms with van der Waals surface area (Å²) in [6.45, 7) is 0. The van der Waals surface area contributed by atoms with E-state index in [1.807, 2.05) is 0 Å². The second-order valence-corrected chi connectivity index (χ2v) is 3.37. The van der Waals surface area contributed by atoms with Crippen LogP contribution in [0.4, 0.5) is 5.69 Å². The number of alkyl halides is 1. The van der Waals surface area contributed by atoms with Crippen LogP contribution in [0.1, 0.15) is 6.42 Å². The Morgan fingerprint density at radius 2 is 2.50 bits per heavy atom. The van der Waals surface area contributed by atoms with E-state index in [1.54, 1.807) is 18.3 Å². The maximum atomic E-state index is 11.2. The molecule has 0 saturated heterocycles. The quantitative estimate of drug-likeness (QED) is 0.839. The maximum absolute atomic E-state index is 11.2. The van der Waals surface area contributed by atoms with E-state index < -0.39 is 0 Å². The lowest BCUT2D eigenvalue weighted by molar-refractivity contribution is -0.115. The molecule has 0 aliphatic carbocycles. The molecule has 0 aromatic carbocycles. The smallest absolute Gasteiger partial charge is 0.225 e. The van der Waals surface area contributed by atoms with Gasteiger partial charge >= 0.3 is 0 Å². The predicted molar refractivity (Wildman–Crippen MR) is 57.8 cm³/mol. The Balaban J connectivity index is 2.62. The Morgan fingerprint density at radius 1 is 1.71 bits per heavy atom. The summed E-state index contributed by atoms with van der Waals surface area (Å²) in [6, 6.07) is 3.39. The van der Waals surface area contributed by atoms with E-state index in [4.69, 9.17) is 4.74 Å². The van der Waals surface area contributed by atoms with Crippen molar-refractivity contribution in [1.29, 1.82) is 0 Å². The molecule has 0 aliphatic heterocycles. The minimum Gasteiger partial charge on any atom is -0.481 e. The number of amides is 1. The Hall–Kier alpha value is -1.10. The zero-order valence-electron chi connectivity index (χ0n) is 7.79. The monoisotopic (exact) mass is 258 g/mol. The normalized spacial score (nSPS) is 9.57. The Labute approximate surface area is 90.8 Å². The van der Waals surface area contributed by atoms with Crippen LogP contribution in [0.25, 0.3) is 0 Å². The molecule has 1 heterocycles. The average molecular weight is 259 g/mol. The largest absolute Gasteiger partial charge is 0.481 e. The number of aromatic nitrogens is 1. The number of anilines is 1. The van der Waals surface area contributed by atoms with Crippen LogP contribution in [0.15, 0.2) is 18.3 Å². The lowest BCUT2D eigenvalue weighted by Gasteiger charge is -2.04. The van der Waals surface area contributed by atoms with Crippen LogP contribution < -0.4 is 10.1 Å². The molecule has 0 fully saturated rings. The van der Waals surface area contributed by atoms with Crippen molar-refractivity contribution in [2.75, 3.05) is 17.8 Å². The number of carbonyl (C=O) groups excluding carboxylic acids is 1. The van der Waals surface area contributed by atoms with Crippen LogP contribution in [0.2, 0.25) is 0 Å². The van der Waals surface area contributed by atoms with Gasteiger partial charge in [0.25, 0.3) is 0 Å². The molecule has 0 bridgehead atoms. The van der Waals surface area contributed by atoms with Gasteiger partial charge < -0.3 is 10.1 Å². The summed E-state index contributed by atoms with van der Waals surface area (Å²) in [5, 5.41) is 3.38. The Bertz CT molecular complexity index is 317. The molecule has 76 valence electrons. The fourth-order valence-electron chi connectivity index (χ4n) is 0.908. The molecule has 5 heteroatoms. The van der Waals surface area contributed by atoms with Crippen molar-refractivity contribution in [1.82, 2.24) is 4.98 Å². The number of methoxy groups -OCH3 is 1. The second-order valence-electron chi connectivity index (χ2n) is 2.57. The summed E-state index contributed by atoms with van der Waals surface area (Å²) < 4.78 is 4.92. The van der Waals surface area contributed by atoms with Crippen molar-refractivity contribution in [2.45, 2.75) is 6.42 Å². The molecule has 1 amide bonds. The van der Waals surface area contributed by atoms with Gasteiger partial charge in [0.05, 0.1) is 7.11 Å². The summed E-state index contributed by atoms with van der Waals surface area (Å²) in [6.07, 6.45) is 2.03. The molecule has 0 radical (unpaired) electrons. The Morgan fingerprint density at radius 3 is 3.14 bits per heavy atom. The van der Waals surface area contributed by atoms with Crippen molar-refractivity contribution in [3.63, 3.8) is 0 Å². The predicted octanol–water partition coefficient (Wildman–Crippen LogP) is 1.81. The molecule has 1 aromatic rings. The zero-order chi connectivity index (χ0) is 10.4. The zero-order valence-corrected chi connectivity index (χ0v) is 9.37. The van der Waals surface area contributed by atoms with E-state index in [0.29, 0.717) is 23.3 Å². The summed E-state index contributed by atoms with van der Waals surface area (Å²) in [5.74, 6) is 0.455. The molecule has 0 aliphatic rings. The molecule has 1 N–H and O–H groups in total. The van der Waals surface area contributed by atoms with Crippen LogP contribution in [0, 0.1) is 0 Å². The molecular weight excluding hydrogens is 248 g/mol. The summed E-state index contributed by atoms with van der Waals surface area (Å²) in [4.78, 5) is 15.1. The van der Waals surface area contributed by atoms with Gasteiger partial charge in [0.2, 0.25) is 11.8 Å². The highest BCUT2D eigenvalue weighted by atomic mass is 79.9. The minimum atomic E-state index is -0.0323. The number of ether oxygens (including phenoxy) is 1. The number of nitrogens with zero attached hydrogens (tertiary/aromatic N) is 1. The third-order valence-corrected chi connectivity index (χ3v) is 1.95. The van der Waals surface area contributed by atoms with Crippen molar-refractivity contribution >= 4 is 27.5 Å². The first-order valence-electron chi connectivity index (χ1n) is 4.12. The topological polar surface area (TPSA) is 51.2 Å². The van der Waals surface area contributed by atoms with Crippen LogP contribution in [0.3, 0.4) is 0 Å². The average Bonchev–Trinajstić information content (AvgIpc) is 2.18. The lowest BCUT2D eigenvalue weighted by Crippen LogP contribution is -2.11. The van der Waals surface area contributed by atoms with Gasteiger partial charge in [0.1, 0.15) is 0 Å². The van der Waals surface area contributed by atoms with Crippen molar-refractivity contribution in [3.05, 3.63) is 18.3 Å². The second kappa shape index (κ2) is 5.59. The van der Waals surface area contributed by atoms with E-state index >= 15 is 0 Å². The first kappa shape index (κ1) is 11.0. The standard InChI is InChI=1S/C9H11BrN2O2/c1-14-9-6-7(3-5-11-9)12-8(13)2-4-10/h3,5-6H,2,4H2,1H3,(H,11,12,13). The van der Waals surface area contributed by atoms with Gasteiger partial charge in [-0.3, -0.25) is 4.79 Å². The minimum absolute atomic E-state index is 0.0323. The number of hydrogen-bond acceptors (Lipinski definition) is 3. The van der Waals surface area contributed by atoms with Gasteiger partial charge in [-0.05, 0) is 6.07 Å². The molecule has 0 spiro atoms. The van der Waals surface area contributed by atoms with Crippen molar-refractivity contribution in [3.8, 4) is 5.88 Å². The highest BCUT2D eigenvalue weighted by Crippen LogP contribution is 2.13. The third-order valence-electron chi connectivity index (χ3n) is 1.55. The highest BCUT2D eigenvalue weighted by Gasteiger charge is 2.01. The number of rotatable bonds is 4. The first-order chi connectivity index (χ1) is 6.76.